The van der Waals surface area contributed by atoms with Crippen molar-refractivity contribution < 1.29 is 22.3 Å². The van der Waals surface area contributed by atoms with E-state index in [0.29, 0.717) is 15.3 Å². The summed E-state index contributed by atoms with van der Waals surface area (Å²) in [5, 5.41) is 9.18. The monoisotopic (exact) mass is 305 g/mol. The first-order valence-corrected chi connectivity index (χ1v) is 7.22. The van der Waals surface area contributed by atoms with Crippen LogP contribution < -0.4 is 0 Å². The predicted octanol–water partition coefficient (Wildman–Crippen LogP) is 0.811. The second-order valence-corrected chi connectivity index (χ2v) is 5.94. The molecule has 0 aliphatic heterocycles. The zero-order valence-corrected chi connectivity index (χ0v) is 11.1. The van der Waals surface area contributed by atoms with Crippen molar-refractivity contribution in [3.63, 3.8) is 0 Å². The minimum absolute atomic E-state index is 0.130. The average Bonchev–Trinajstić information content (AvgIpc) is 2.82. The minimum Gasteiger partial charge on any atom is -0.395 e. The van der Waals surface area contributed by atoms with E-state index in [1.807, 2.05) is 0 Å². The van der Waals surface area contributed by atoms with Crippen molar-refractivity contribution in [3.8, 4) is 0 Å². The summed E-state index contributed by atoms with van der Waals surface area (Å²) in [7, 11) is -4.12. The summed E-state index contributed by atoms with van der Waals surface area (Å²) in [6.45, 7) is -1.89. The fraction of sp³-hybridized carbons (Fsp3) is 0.364. The molecule has 0 radical (unpaired) electrons. The Kier molecular flexibility index (Phi) is 4.31. The normalized spacial score (nSPS) is 12.7. The Bertz CT molecular complexity index is 687. The Morgan fingerprint density at radius 1 is 1.45 bits per heavy atom. The number of rotatable bonds is 6. The first kappa shape index (κ1) is 14.8. The number of nitrogens with zero attached hydrogens (tertiary/aromatic N) is 2. The molecule has 0 bridgehead atoms. The summed E-state index contributed by atoms with van der Waals surface area (Å²) >= 11 is 0. The van der Waals surface area contributed by atoms with Crippen LogP contribution in [-0.4, -0.2) is 53.9 Å². The van der Waals surface area contributed by atoms with Gasteiger partial charge in [-0.3, -0.25) is 0 Å². The van der Waals surface area contributed by atoms with Gasteiger partial charge in [0.05, 0.1) is 13.2 Å². The molecule has 0 aromatic carbocycles. The van der Waals surface area contributed by atoms with Crippen LogP contribution in [0.25, 0.3) is 11.0 Å². The largest absolute Gasteiger partial charge is 0.395 e. The van der Waals surface area contributed by atoms with E-state index < -0.39 is 29.6 Å². The molecule has 0 aliphatic rings. The third-order valence-corrected chi connectivity index (χ3v) is 4.63. The Balaban J connectivity index is 2.46. The lowest BCUT2D eigenvalue weighted by molar-refractivity contribution is 0.113. The number of H-pyrrole nitrogens is 1. The average molecular weight is 305 g/mol. The number of aliphatic hydroxyl groups excluding tert-OH is 1. The summed E-state index contributed by atoms with van der Waals surface area (Å²) in [5.74, 6) is 0. The summed E-state index contributed by atoms with van der Waals surface area (Å²) < 4.78 is 50.3. The zero-order valence-electron chi connectivity index (χ0n) is 10.3. The summed E-state index contributed by atoms with van der Waals surface area (Å²) in [6.07, 6.45) is -0.123. The Labute approximate surface area is 114 Å². The third kappa shape index (κ3) is 2.79. The molecule has 2 rings (SSSR count). The molecule has 110 valence electrons. The van der Waals surface area contributed by atoms with Crippen LogP contribution in [0.5, 0.6) is 0 Å². The maximum absolute atomic E-state index is 12.5. The van der Waals surface area contributed by atoms with Crippen LogP contribution in [0.15, 0.2) is 29.4 Å². The molecule has 0 atom stereocenters. The highest BCUT2D eigenvalue weighted by atomic mass is 32.2. The molecule has 0 fully saturated rings. The number of fused-ring (bicyclic) bond motifs is 1. The van der Waals surface area contributed by atoms with Gasteiger partial charge in [-0.15, -0.1) is 0 Å². The molecule has 2 heterocycles. The van der Waals surface area contributed by atoms with E-state index in [4.69, 9.17) is 5.11 Å². The van der Waals surface area contributed by atoms with Gasteiger partial charge in [0.1, 0.15) is 10.5 Å². The van der Waals surface area contributed by atoms with E-state index in [2.05, 4.69) is 9.97 Å². The number of aromatic nitrogens is 2. The molecule has 0 spiro atoms. The minimum atomic E-state index is -4.12. The Morgan fingerprint density at radius 3 is 2.85 bits per heavy atom. The van der Waals surface area contributed by atoms with E-state index in [-0.39, 0.29) is 11.4 Å². The summed E-state index contributed by atoms with van der Waals surface area (Å²) in [5.41, 5.74) is 0.354. The van der Waals surface area contributed by atoms with E-state index in [1.165, 1.54) is 18.5 Å². The van der Waals surface area contributed by atoms with Crippen LogP contribution in [-0.2, 0) is 10.0 Å². The predicted molar refractivity (Wildman–Crippen MR) is 67.9 cm³/mol. The van der Waals surface area contributed by atoms with Crippen molar-refractivity contribution in [1.82, 2.24) is 14.3 Å². The topological polar surface area (TPSA) is 86.3 Å². The molecule has 0 amide bonds. The van der Waals surface area contributed by atoms with Gasteiger partial charge in [0.2, 0.25) is 10.0 Å². The number of halogens is 2. The van der Waals surface area contributed by atoms with Crippen LogP contribution >= 0.6 is 0 Å². The molecule has 2 aromatic rings. The summed E-state index contributed by atoms with van der Waals surface area (Å²) in [6, 6.07) is 3.09. The van der Waals surface area contributed by atoms with E-state index in [1.54, 1.807) is 6.07 Å². The van der Waals surface area contributed by atoms with Crippen molar-refractivity contribution in [1.29, 1.82) is 0 Å². The SMILES string of the molecule is O=S(=O)(c1c[nH]c2ncccc12)N(CCO)CC(F)F. The first-order valence-electron chi connectivity index (χ1n) is 5.78. The number of aromatic amines is 1. The van der Waals surface area contributed by atoms with Crippen molar-refractivity contribution in [2.75, 3.05) is 19.7 Å². The maximum Gasteiger partial charge on any atom is 0.252 e. The van der Waals surface area contributed by atoms with Gasteiger partial charge < -0.3 is 10.1 Å². The van der Waals surface area contributed by atoms with Crippen LogP contribution in [0, 0.1) is 0 Å². The molecule has 0 saturated heterocycles. The van der Waals surface area contributed by atoms with Gasteiger partial charge in [-0.05, 0) is 12.1 Å². The smallest absolute Gasteiger partial charge is 0.252 e. The van der Waals surface area contributed by atoms with E-state index >= 15 is 0 Å². The van der Waals surface area contributed by atoms with Crippen LogP contribution in [0.2, 0.25) is 0 Å². The van der Waals surface area contributed by atoms with Crippen LogP contribution in [0.1, 0.15) is 0 Å². The van der Waals surface area contributed by atoms with Gasteiger partial charge in [0, 0.05) is 24.3 Å². The maximum atomic E-state index is 12.5. The number of hydrogen-bond acceptors (Lipinski definition) is 4. The number of hydrogen-bond donors (Lipinski definition) is 2. The second kappa shape index (κ2) is 5.81. The molecule has 2 aromatic heterocycles. The van der Waals surface area contributed by atoms with Gasteiger partial charge >= 0.3 is 0 Å². The van der Waals surface area contributed by atoms with E-state index in [0.717, 1.165) is 0 Å². The molecule has 20 heavy (non-hydrogen) atoms. The Hall–Kier alpha value is -1.58. The fourth-order valence-electron chi connectivity index (χ4n) is 1.86. The first-order chi connectivity index (χ1) is 9.46. The molecular weight excluding hydrogens is 292 g/mol. The summed E-state index contributed by atoms with van der Waals surface area (Å²) in [4.78, 5) is 6.49. The van der Waals surface area contributed by atoms with Gasteiger partial charge in [0.25, 0.3) is 6.43 Å². The highest BCUT2D eigenvalue weighted by Gasteiger charge is 2.29. The fourth-order valence-corrected chi connectivity index (χ4v) is 3.42. The number of aliphatic hydroxyl groups is 1. The third-order valence-electron chi connectivity index (χ3n) is 2.72. The van der Waals surface area contributed by atoms with Crippen molar-refractivity contribution in [3.05, 3.63) is 24.5 Å². The van der Waals surface area contributed by atoms with Crippen molar-refractivity contribution in [2.45, 2.75) is 11.3 Å². The lowest BCUT2D eigenvalue weighted by atomic mass is 10.3. The van der Waals surface area contributed by atoms with Gasteiger partial charge in [-0.2, -0.15) is 4.31 Å². The molecule has 0 aliphatic carbocycles. The standard InChI is InChI=1S/C11H13F2N3O3S/c12-10(13)7-16(4-5-17)20(18,19)9-6-15-11-8(9)2-1-3-14-11/h1-3,6,10,17H,4-5,7H2,(H,14,15). The lowest BCUT2D eigenvalue weighted by Crippen LogP contribution is -2.37. The number of sulfonamides is 1. The van der Waals surface area contributed by atoms with Crippen molar-refractivity contribution in [2.24, 2.45) is 0 Å². The molecule has 2 N–H and O–H groups in total. The van der Waals surface area contributed by atoms with Crippen LogP contribution in [0.3, 0.4) is 0 Å². The number of pyridine rings is 1. The van der Waals surface area contributed by atoms with Crippen molar-refractivity contribution >= 4 is 21.1 Å². The number of alkyl halides is 2. The molecule has 6 nitrogen and oxygen atoms in total. The van der Waals surface area contributed by atoms with Crippen LogP contribution in [0.4, 0.5) is 8.78 Å². The highest BCUT2D eigenvalue weighted by Crippen LogP contribution is 2.24. The zero-order chi connectivity index (χ0) is 14.8. The van der Waals surface area contributed by atoms with Gasteiger partial charge in [-0.1, -0.05) is 0 Å². The highest BCUT2D eigenvalue weighted by molar-refractivity contribution is 7.89. The van der Waals surface area contributed by atoms with E-state index in [9.17, 15) is 17.2 Å². The number of nitrogens with one attached hydrogen (secondary N) is 1. The molecule has 0 saturated carbocycles. The Morgan fingerprint density at radius 2 is 2.20 bits per heavy atom. The second-order valence-electron chi connectivity index (χ2n) is 4.03. The molecule has 9 heteroatoms. The lowest BCUT2D eigenvalue weighted by Gasteiger charge is -2.20. The molecule has 0 unspecified atom stereocenters. The van der Waals surface area contributed by atoms with Gasteiger partial charge in [-0.25, -0.2) is 22.2 Å². The molecular formula is C11H13F2N3O3S. The quantitative estimate of drug-likeness (QED) is 0.827. The van der Waals surface area contributed by atoms with Gasteiger partial charge in [0.15, 0.2) is 0 Å².